The van der Waals surface area contributed by atoms with Crippen LogP contribution in [0.1, 0.15) is 21.6 Å². The van der Waals surface area contributed by atoms with Gasteiger partial charge in [0, 0.05) is 13.1 Å². The molecule has 3 rings (SSSR count). The van der Waals surface area contributed by atoms with Crippen LogP contribution in [0.3, 0.4) is 0 Å². The van der Waals surface area contributed by atoms with Gasteiger partial charge >= 0.3 is 6.09 Å². The minimum atomic E-state index is -0.967. The van der Waals surface area contributed by atoms with Gasteiger partial charge in [0.05, 0.1) is 12.4 Å². The molecule has 0 radical (unpaired) electrons. The second kappa shape index (κ2) is 9.32. The number of rotatable bonds is 8. The number of carboxylic acid groups (broad SMARTS) is 1. The van der Waals surface area contributed by atoms with E-state index in [1.807, 2.05) is 30.3 Å². The smallest absolute Gasteiger partial charge is 0.407 e. The van der Waals surface area contributed by atoms with Crippen LogP contribution in [0, 0.1) is 0 Å². The Labute approximate surface area is 167 Å². The molecule has 0 spiro atoms. The molecule has 1 heterocycles. The topological polar surface area (TPSA) is 119 Å². The number of benzene rings is 2. The molecule has 3 N–H and O–H groups in total. The summed E-state index contributed by atoms with van der Waals surface area (Å²) in [6, 6.07) is 16.8. The van der Waals surface area contributed by atoms with Gasteiger partial charge in [-0.1, -0.05) is 42.5 Å². The van der Waals surface area contributed by atoms with Crippen LogP contribution >= 0.6 is 0 Å². The summed E-state index contributed by atoms with van der Waals surface area (Å²) in [5.41, 5.74) is 7.10. The number of aromatic nitrogens is 2. The molecule has 0 unspecified atom stereocenters. The van der Waals surface area contributed by atoms with E-state index in [1.54, 1.807) is 24.3 Å². The summed E-state index contributed by atoms with van der Waals surface area (Å²) in [6.45, 7) is 0.676. The lowest BCUT2D eigenvalue weighted by Crippen LogP contribution is -2.30. The first-order valence-electron chi connectivity index (χ1n) is 8.91. The fraction of sp³-hybridized carbons (Fsp3) is 0.143. The highest BCUT2D eigenvalue weighted by molar-refractivity contribution is 5.90. The zero-order valence-corrected chi connectivity index (χ0v) is 15.6. The van der Waals surface area contributed by atoms with Crippen LogP contribution < -0.4 is 10.5 Å². The lowest BCUT2D eigenvalue weighted by molar-refractivity contribution is 0.0995. The number of nitrogens with two attached hydrogens (primary N) is 1. The fourth-order valence-electron chi connectivity index (χ4n) is 2.65. The molecular formula is C21H20N4O4. The molecule has 2 aromatic carbocycles. The van der Waals surface area contributed by atoms with E-state index >= 15 is 0 Å². The standard InChI is InChI=1S/C21H20N4O4/c22-20(26)18-12-24-19(13-23-18)29-17-8-6-16(7-9-17)14-25(21(27)28)11-10-15-4-2-1-3-5-15/h1-9,12-13H,10-11,14H2,(H2,22,26)(H,27,28). The average Bonchev–Trinajstić information content (AvgIpc) is 2.73. The highest BCUT2D eigenvalue weighted by Gasteiger charge is 2.12. The molecule has 2 amide bonds. The van der Waals surface area contributed by atoms with Gasteiger partial charge in [0.2, 0.25) is 5.88 Å². The maximum absolute atomic E-state index is 11.6. The molecule has 0 aliphatic heterocycles. The van der Waals surface area contributed by atoms with Gasteiger partial charge < -0.3 is 20.5 Å². The van der Waals surface area contributed by atoms with E-state index in [0.29, 0.717) is 18.7 Å². The molecule has 8 heteroatoms. The normalized spacial score (nSPS) is 10.3. The Morgan fingerprint density at radius 1 is 0.966 bits per heavy atom. The van der Waals surface area contributed by atoms with Crippen molar-refractivity contribution in [1.29, 1.82) is 0 Å². The molecule has 29 heavy (non-hydrogen) atoms. The van der Waals surface area contributed by atoms with E-state index < -0.39 is 12.0 Å². The van der Waals surface area contributed by atoms with Crippen LogP contribution in [0.15, 0.2) is 67.0 Å². The zero-order chi connectivity index (χ0) is 20.6. The molecule has 0 saturated carbocycles. The van der Waals surface area contributed by atoms with E-state index in [2.05, 4.69) is 9.97 Å². The molecule has 3 aromatic rings. The molecule has 1 aromatic heterocycles. The van der Waals surface area contributed by atoms with Gasteiger partial charge in [-0.15, -0.1) is 0 Å². The number of ether oxygens (including phenoxy) is 1. The number of carbonyl (C=O) groups excluding carboxylic acids is 1. The third-order valence-corrected chi connectivity index (χ3v) is 4.18. The summed E-state index contributed by atoms with van der Waals surface area (Å²) in [4.78, 5) is 31.8. The van der Waals surface area contributed by atoms with Crippen molar-refractivity contribution in [1.82, 2.24) is 14.9 Å². The number of nitrogens with zero attached hydrogens (tertiary/aromatic N) is 3. The Morgan fingerprint density at radius 3 is 2.28 bits per heavy atom. The maximum atomic E-state index is 11.6. The van der Waals surface area contributed by atoms with Crippen molar-refractivity contribution >= 4 is 12.0 Å². The predicted octanol–water partition coefficient (Wildman–Crippen LogP) is 3.09. The summed E-state index contributed by atoms with van der Waals surface area (Å²) in [5, 5.41) is 9.48. The van der Waals surface area contributed by atoms with Gasteiger partial charge in [-0.05, 0) is 29.7 Å². The third kappa shape index (κ3) is 5.77. The summed E-state index contributed by atoms with van der Waals surface area (Å²) in [6.07, 6.45) is 2.23. The van der Waals surface area contributed by atoms with Crippen molar-refractivity contribution < 1.29 is 19.4 Å². The van der Waals surface area contributed by atoms with Crippen LogP contribution in [0.4, 0.5) is 4.79 Å². The predicted molar refractivity (Wildman–Crippen MR) is 106 cm³/mol. The van der Waals surface area contributed by atoms with Gasteiger partial charge in [0.25, 0.3) is 5.91 Å². The second-order valence-electron chi connectivity index (χ2n) is 6.29. The highest BCUT2D eigenvalue weighted by atomic mass is 16.5. The number of carbonyl (C=O) groups is 2. The maximum Gasteiger partial charge on any atom is 0.407 e. The quantitative estimate of drug-likeness (QED) is 0.608. The van der Waals surface area contributed by atoms with Crippen molar-refractivity contribution in [3.05, 3.63) is 83.8 Å². The lowest BCUT2D eigenvalue weighted by atomic mass is 10.1. The van der Waals surface area contributed by atoms with Crippen LogP contribution in [-0.4, -0.2) is 38.5 Å². The summed E-state index contributed by atoms with van der Waals surface area (Å²) in [5.74, 6) is 0.0717. The SMILES string of the molecule is NC(=O)c1cnc(Oc2ccc(CN(CCc3ccccc3)C(=O)O)cc2)cn1. The minimum Gasteiger partial charge on any atom is -0.465 e. The molecule has 0 fully saturated rings. The first-order valence-corrected chi connectivity index (χ1v) is 8.91. The van der Waals surface area contributed by atoms with E-state index in [9.17, 15) is 14.7 Å². The molecule has 0 atom stereocenters. The van der Waals surface area contributed by atoms with Crippen LogP contribution in [-0.2, 0) is 13.0 Å². The molecular weight excluding hydrogens is 372 g/mol. The Kier molecular flexibility index (Phi) is 6.36. The molecule has 8 nitrogen and oxygen atoms in total. The van der Waals surface area contributed by atoms with Gasteiger partial charge in [-0.2, -0.15) is 0 Å². The van der Waals surface area contributed by atoms with Crippen molar-refractivity contribution in [2.45, 2.75) is 13.0 Å². The van der Waals surface area contributed by atoms with E-state index in [4.69, 9.17) is 10.5 Å². The van der Waals surface area contributed by atoms with Crippen molar-refractivity contribution in [2.24, 2.45) is 5.73 Å². The van der Waals surface area contributed by atoms with Gasteiger partial charge in [0.1, 0.15) is 11.4 Å². The van der Waals surface area contributed by atoms with Crippen molar-refractivity contribution in [2.75, 3.05) is 6.54 Å². The summed E-state index contributed by atoms with van der Waals surface area (Å²) >= 11 is 0. The molecule has 0 aliphatic carbocycles. The Balaban J connectivity index is 1.59. The Hall–Kier alpha value is -3.94. The van der Waals surface area contributed by atoms with Crippen LogP contribution in [0.25, 0.3) is 0 Å². The van der Waals surface area contributed by atoms with Crippen molar-refractivity contribution in [3.8, 4) is 11.6 Å². The largest absolute Gasteiger partial charge is 0.465 e. The summed E-state index contributed by atoms with van der Waals surface area (Å²) in [7, 11) is 0. The molecule has 0 aliphatic rings. The lowest BCUT2D eigenvalue weighted by Gasteiger charge is -2.19. The van der Waals surface area contributed by atoms with Gasteiger partial charge in [-0.3, -0.25) is 4.79 Å². The Morgan fingerprint density at radius 2 is 1.69 bits per heavy atom. The van der Waals surface area contributed by atoms with Crippen molar-refractivity contribution in [3.63, 3.8) is 0 Å². The number of amides is 2. The first-order chi connectivity index (χ1) is 14.0. The molecule has 0 bridgehead atoms. The van der Waals surface area contributed by atoms with E-state index in [-0.39, 0.29) is 18.1 Å². The molecule has 0 saturated heterocycles. The number of hydrogen-bond acceptors (Lipinski definition) is 5. The highest BCUT2D eigenvalue weighted by Crippen LogP contribution is 2.20. The Bertz CT molecular complexity index is 960. The van der Waals surface area contributed by atoms with Gasteiger partial charge in [0.15, 0.2) is 0 Å². The van der Waals surface area contributed by atoms with E-state index in [0.717, 1.165) is 11.1 Å². The fourth-order valence-corrected chi connectivity index (χ4v) is 2.65. The number of primary amides is 1. The van der Waals surface area contributed by atoms with E-state index in [1.165, 1.54) is 17.3 Å². The third-order valence-electron chi connectivity index (χ3n) is 4.18. The average molecular weight is 392 g/mol. The zero-order valence-electron chi connectivity index (χ0n) is 15.6. The first kappa shape index (κ1) is 19.8. The summed E-state index contributed by atoms with van der Waals surface area (Å²) < 4.78 is 5.57. The second-order valence-corrected chi connectivity index (χ2v) is 6.29. The van der Waals surface area contributed by atoms with Crippen LogP contribution in [0.2, 0.25) is 0 Å². The molecule has 148 valence electrons. The number of hydrogen-bond donors (Lipinski definition) is 2. The van der Waals surface area contributed by atoms with Gasteiger partial charge in [-0.25, -0.2) is 14.8 Å². The van der Waals surface area contributed by atoms with Crippen LogP contribution in [0.5, 0.6) is 11.6 Å². The minimum absolute atomic E-state index is 0.0527. The monoisotopic (exact) mass is 392 g/mol.